The Balaban J connectivity index is 2.13. The highest BCUT2D eigenvalue weighted by Crippen LogP contribution is 2.33. The van der Waals surface area contributed by atoms with Crippen molar-refractivity contribution in [2.24, 2.45) is 0 Å². The van der Waals surface area contributed by atoms with E-state index in [1.807, 2.05) is 0 Å². The molecule has 1 heterocycles. The first-order valence-electron chi connectivity index (χ1n) is 7.73. The van der Waals surface area contributed by atoms with E-state index < -0.39 is 17.5 Å². The van der Waals surface area contributed by atoms with Crippen LogP contribution in [0.4, 0.5) is 13.2 Å². The molecule has 2 aromatic carbocycles. The van der Waals surface area contributed by atoms with Crippen LogP contribution in [0.3, 0.4) is 0 Å². The average molecular weight is 354 g/mol. The van der Waals surface area contributed by atoms with Crippen molar-refractivity contribution in [3.8, 4) is 6.07 Å². The van der Waals surface area contributed by atoms with E-state index in [0.717, 1.165) is 17.7 Å². The molecule has 0 unspecified atom stereocenters. The number of nitrogens with one attached hydrogen (secondary N) is 1. The number of ketones is 1. The van der Waals surface area contributed by atoms with Gasteiger partial charge < -0.3 is 4.98 Å². The van der Waals surface area contributed by atoms with Crippen LogP contribution in [0.25, 0.3) is 17.0 Å². The summed E-state index contributed by atoms with van der Waals surface area (Å²) in [6.45, 7) is 1.69. The lowest BCUT2D eigenvalue weighted by Crippen LogP contribution is -2.08. The Bertz CT molecular complexity index is 1070. The fourth-order valence-electron chi connectivity index (χ4n) is 2.89. The number of benzene rings is 2. The van der Waals surface area contributed by atoms with Crippen molar-refractivity contribution in [1.29, 1.82) is 5.26 Å². The van der Waals surface area contributed by atoms with E-state index in [0.29, 0.717) is 11.1 Å². The molecule has 3 rings (SSSR count). The number of carbonyl (C=O) groups is 1. The quantitative estimate of drug-likeness (QED) is 0.395. The molecule has 0 saturated heterocycles. The van der Waals surface area contributed by atoms with Gasteiger partial charge in [0.25, 0.3) is 0 Å². The third-order valence-electron chi connectivity index (χ3n) is 4.05. The Morgan fingerprint density at radius 1 is 1.12 bits per heavy atom. The Morgan fingerprint density at radius 3 is 2.46 bits per heavy atom. The van der Waals surface area contributed by atoms with Crippen LogP contribution in [0.5, 0.6) is 0 Å². The maximum absolute atomic E-state index is 13.1. The molecular formula is C20H13F3N2O. The maximum Gasteiger partial charge on any atom is 0.416 e. The van der Waals surface area contributed by atoms with Gasteiger partial charge in [0.2, 0.25) is 5.78 Å². The molecule has 0 aliphatic heterocycles. The van der Waals surface area contributed by atoms with E-state index in [4.69, 9.17) is 0 Å². The summed E-state index contributed by atoms with van der Waals surface area (Å²) in [5.74, 6) is -0.612. The Labute approximate surface area is 147 Å². The average Bonchev–Trinajstić information content (AvgIpc) is 2.94. The summed E-state index contributed by atoms with van der Waals surface area (Å²) >= 11 is 0. The van der Waals surface area contributed by atoms with Crippen LogP contribution in [0.15, 0.2) is 54.1 Å². The number of hydrogen-bond acceptors (Lipinski definition) is 2. The van der Waals surface area contributed by atoms with Gasteiger partial charge in [-0.1, -0.05) is 36.4 Å². The highest BCUT2D eigenvalue weighted by molar-refractivity contribution is 6.20. The molecule has 3 aromatic rings. The highest BCUT2D eigenvalue weighted by Gasteiger charge is 2.32. The molecular weight excluding hydrogens is 341 g/mol. The van der Waals surface area contributed by atoms with Crippen LogP contribution in [-0.4, -0.2) is 10.8 Å². The van der Waals surface area contributed by atoms with Gasteiger partial charge in [-0.2, -0.15) is 18.4 Å². The van der Waals surface area contributed by atoms with Crippen LogP contribution in [-0.2, 0) is 6.18 Å². The van der Waals surface area contributed by atoms with E-state index in [9.17, 15) is 23.2 Å². The predicted molar refractivity (Wildman–Crippen MR) is 92.4 cm³/mol. The number of halogens is 3. The summed E-state index contributed by atoms with van der Waals surface area (Å²) in [7, 11) is 0. The van der Waals surface area contributed by atoms with Crippen molar-refractivity contribution < 1.29 is 18.0 Å². The zero-order valence-electron chi connectivity index (χ0n) is 13.7. The molecule has 0 radical (unpaired) electrons. The molecule has 0 amide bonds. The minimum Gasteiger partial charge on any atom is -0.358 e. The largest absolute Gasteiger partial charge is 0.416 e. The number of nitrogens with zero attached hydrogens (tertiary/aromatic N) is 1. The molecule has 0 atom stereocenters. The number of H-pyrrole nitrogens is 1. The molecule has 6 heteroatoms. The van der Waals surface area contributed by atoms with Crippen LogP contribution in [0.1, 0.15) is 27.2 Å². The number of para-hydroxylation sites is 1. The van der Waals surface area contributed by atoms with E-state index in [2.05, 4.69) is 4.98 Å². The minimum atomic E-state index is -4.58. The molecule has 0 aliphatic rings. The Kier molecular flexibility index (Phi) is 4.39. The standard InChI is InChI=1S/C20H13F3N2O/c1-12-18(15-7-3-5-9-17(15)25-12)19(26)14(11-24)10-13-6-2-4-8-16(13)20(21,22)23/h2-10,25H,1H3/b14-10-. The number of aryl methyl sites for hydroxylation is 1. The lowest BCUT2D eigenvalue weighted by atomic mass is 9.97. The van der Waals surface area contributed by atoms with Crippen molar-refractivity contribution in [3.05, 3.63) is 76.5 Å². The van der Waals surface area contributed by atoms with Crippen molar-refractivity contribution in [2.45, 2.75) is 13.1 Å². The molecule has 130 valence electrons. The second-order valence-corrected chi connectivity index (χ2v) is 5.75. The zero-order chi connectivity index (χ0) is 18.9. The van der Waals surface area contributed by atoms with Crippen LogP contribution >= 0.6 is 0 Å². The molecule has 0 saturated carbocycles. The molecule has 3 nitrogen and oxygen atoms in total. The number of aromatic amines is 1. The first kappa shape index (κ1) is 17.5. The highest BCUT2D eigenvalue weighted by atomic mass is 19.4. The number of allylic oxidation sites excluding steroid dienone is 1. The van der Waals surface area contributed by atoms with Gasteiger partial charge in [0, 0.05) is 16.6 Å². The van der Waals surface area contributed by atoms with E-state index in [1.165, 1.54) is 18.2 Å². The van der Waals surface area contributed by atoms with Crippen molar-refractivity contribution >= 4 is 22.8 Å². The number of alkyl halides is 3. The number of Topliss-reactive ketones (excluding diaryl/α,β-unsaturated/α-hetero) is 1. The number of aromatic nitrogens is 1. The van der Waals surface area contributed by atoms with Crippen molar-refractivity contribution in [1.82, 2.24) is 4.98 Å². The second kappa shape index (κ2) is 6.52. The number of fused-ring (bicyclic) bond motifs is 1. The summed E-state index contributed by atoms with van der Waals surface area (Å²) in [6, 6.07) is 13.6. The van der Waals surface area contributed by atoms with Gasteiger partial charge in [-0.25, -0.2) is 0 Å². The van der Waals surface area contributed by atoms with Crippen LogP contribution < -0.4 is 0 Å². The van der Waals surface area contributed by atoms with Gasteiger partial charge in [0.1, 0.15) is 11.6 Å². The summed E-state index contributed by atoms with van der Waals surface area (Å²) in [4.78, 5) is 15.9. The first-order valence-corrected chi connectivity index (χ1v) is 7.73. The number of nitriles is 1. The smallest absolute Gasteiger partial charge is 0.358 e. The normalized spacial score (nSPS) is 12.2. The van der Waals surface area contributed by atoms with Gasteiger partial charge in [-0.3, -0.25) is 4.79 Å². The lowest BCUT2D eigenvalue weighted by Gasteiger charge is -2.10. The van der Waals surface area contributed by atoms with E-state index in [1.54, 1.807) is 37.3 Å². The summed E-state index contributed by atoms with van der Waals surface area (Å²) in [5, 5.41) is 10.0. The van der Waals surface area contributed by atoms with Gasteiger partial charge in [0.15, 0.2) is 0 Å². The minimum absolute atomic E-state index is 0.220. The lowest BCUT2D eigenvalue weighted by molar-refractivity contribution is -0.137. The molecule has 26 heavy (non-hydrogen) atoms. The predicted octanol–water partition coefficient (Wildman–Crippen LogP) is 5.29. The summed E-state index contributed by atoms with van der Waals surface area (Å²) < 4.78 is 39.4. The van der Waals surface area contributed by atoms with E-state index >= 15 is 0 Å². The molecule has 0 aliphatic carbocycles. The Hall–Kier alpha value is -3.33. The van der Waals surface area contributed by atoms with Crippen molar-refractivity contribution in [3.63, 3.8) is 0 Å². The fourth-order valence-corrected chi connectivity index (χ4v) is 2.89. The molecule has 1 N–H and O–H groups in total. The van der Waals surface area contributed by atoms with Gasteiger partial charge >= 0.3 is 6.18 Å². The number of hydrogen-bond donors (Lipinski definition) is 1. The van der Waals surface area contributed by atoms with Gasteiger partial charge in [-0.15, -0.1) is 0 Å². The Morgan fingerprint density at radius 2 is 1.77 bits per heavy atom. The van der Waals surface area contributed by atoms with Gasteiger partial charge in [0.05, 0.1) is 11.1 Å². The number of carbonyl (C=O) groups excluding carboxylic acids is 1. The third-order valence-corrected chi connectivity index (χ3v) is 4.05. The maximum atomic E-state index is 13.1. The number of rotatable bonds is 3. The molecule has 0 bridgehead atoms. The second-order valence-electron chi connectivity index (χ2n) is 5.75. The fraction of sp³-hybridized carbons (Fsp3) is 0.100. The SMILES string of the molecule is Cc1[nH]c2ccccc2c1C(=O)/C(C#N)=C\c1ccccc1C(F)(F)F. The van der Waals surface area contributed by atoms with Crippen LogP contribution in [0, 0.1) is 18.3 Å². The molecule has 0 spiro atoms. The summed E-state index contributed by atoms with van der Waals surface area (Å²) in [5.41, 5.74) is 0.105. The third kappa shape index (κ3) is 3.11. The first-order chi connectivity index (χ1) is 12.3. The molecule has 0 fully saturated rings. The zero-order valence-corrected chi connectivity index (χ0v) is 13.7. The van der Waals surface area contributed by atoms with Gasteiger partial charge in [-0.05, 0) is 30.7 Å². The monoisotopic (exact) mass is 354 g/mol. The van der Waals surface area contributed by atoms with E-state index in [-0.39, 0.29) is 16.7 Å². The summed E-state index contributed by atoms with van der Waals surface area (Å²) in [6.07, 6.45) is -3.58. The topological polar surface area (TPSA) is 56.6 Å². The molecule has 1 aromatic heterocycles. The van der Waals surface area contributed by atoms with Crippen LogP contribution in [0.2, 0.25) is 0 Å². The van der Waals surface area contributed by atoms with Crippen molar-refractivity contribution in [2.75, 3.05) is 0 Å².